The third-order valence-electron chi connectivity index (χ3n) is 3.40. The Hall–Kier alpha value is -2.08. The van der Waals surface area contributed by atoms with Crippen LogP contribution in [0.1, 0.15) is 29.7 Å². The first-order valence-electron chi connectivity index (χ1n) is 6.53. The van der Waals surface area contributed by atoms with Crippen LogP contribution in [0, 0.1) is 0 Å². The van der Waals surface area contributed by atoms with Crippen molar-refractivity contribution in [2.24, 2.45) is 0 Å². The zero-order valence-electron chi connectivity index (χ0n) is 11.9. The van der Waals surface area contributed by atoms with Crippen LogP contribution in [0.5, 0.6) is 0 Å². The van der Waals surface area contributed by atoms with Crippen molar-refractivity contribution in [2.75, 3.05) is 20.6 Å². The van der Waals surface area contributed by atoms with Crippen molar-refractivity contribution in [3.8, 4) is 0 Å². The summed E-state index contributed by atoms with van der Waals surface area (Å²) in [6, 6.07) is 4.81. The summed E-state index contributed by atoms with van der Waals surface area (Å²) in [5.74, 6) is -1.02. The van der Waals surface area contributed by atoms with E-state index >= 15 is 0 Å². The number of benzene rings is 1. The van der Waals surface area contributed by atoms with Crippen LogP contribution in [0.3, 0.4) is 0 Å². The molecule has 2 aromatic rings. The number of fused-ring (bicyclic) bond motifs is 1. The van der Waals surface area contributed by atoms with E-state index in [1.54, 1.807) is 16.7 Å². The van der Waals surface area contributed by atoms with Crippen LogP contribution in [-0.4, -0.2) is 46.2 Å². The third kappa shape index (κ3) is 2.60. The minimum atomic E-state index is -1.02. The number of nitrogens with zero attached hydrogens (tertiary/aromatic N) is 2. The molecule has 0 fully saturated rings. The van der Waals surface area contributed by atoms with Crippen LogP contribution in [0.25, 0.3) is 11.0 Å². The number of aromatic nitrogens is 2. The monoisotopic (exact) mass is 277 g/mol. The molecule has 108 valence electrons. The van der Waals surface area contributed by atoms with E-state index in [0.717, 1.165) is 13.0 Å². The van der Waals surface area contributed by atoms with Gasteiger partial charge in [0, 0.05) is 6.04 Å². The fourth-order valence-corrected chi connectivity index (χ4v) is 2.35. The lowest BCUT2D eigenvalue weighted by Gasteiger charge is -2.17. The fourth-order valence-electron chi connectivity index (χ4n) is 2.35. The Morgan fingerprint density at radius 3 is 2.75 bits per heavy atom. The van der Waals surface area contributed by atoms with Crippen molar-refractivity contribution in [3.05, 3.63) is 34.2 Å². The predicted octanol–water partition coefficient (Wildman–Crippen LogP) is 1.54. The predicted molar refractivity (Wildman–Crippen MR) is 77.4 cm³/mol. The summed E-state index contributed by atoms with van der Waals surface area (Å²) in [5, 5.41) is 9.28. The molecule has 0 aliphatic rings. The van der Waals surface area contributed by atoms with Crippen molar-refractivity contribution in [3.63, 3.8) is 0 Å². The van der Waals surface area contributed by atoms with E-state index in [1.807, 2.05) is 25.9 Å². The van der Waals surface area contributed by atoms with E-state index in [9.17, 15) is 14.7 Å². The lowest BCUT2D eigenvalue weighted by molar-refractivity contribution is 0.0698. The first-order chi connectivity index (χ1) is 9.41. The minimum absolute atomic E-state index is 0.0702. The number of imidazole rings is 1. The lowest BCUT2D eigenvalue weighted by Crippen LogP contribution is -2.24. The Labute approximate surface area is 116 Å². The smallest absolute Gasteiger partial charge is 0.337 e. The standard InChI is InChI=1S/C14H19N3O3/c1-9(7-8-16(2)3)17-12-10(13(18)19)5-4-6-11(12)15-14(17)20/h4-6,9H,7-8H2,1-3H3,(H,15,20)(H,18,19). The van der Waals surface area contributed by atoms with Gasteiger partial charge in [0.2, 0.25) is 0 Å². The van der Waals surface area contributed by atoms with Gasteiger partial charge >= 0.3 is 11.7 Å². The molecule has 1 atom stereocenters. The Bertz CT molecular complexity index is 685. The van der Waals surface area contributed by atoms with E-state index in [-0.39, 0.29) is 17.3 Å². The number of hydrogen-bond acceptors (Lipinski definition) is 3. The number of rotatable bonds is 5. The molecule has 0 bridgehead atoms. The number of aromatic amines is 1. The minimum Gasteiger partial charge on any atom is -0.478 e. The van der Waals surface area contributed by atoms with Crippen LogP contribution in [-0.2, 0) is 0 Å². The molecule has 1 heterocycles. The van der Waals surface area contributed by atoms with Gasteiger partial charge in [-0.15, -0.1) is 0 Å². The van der Waals surface area contributed by atoms with E-state index in [0.29, 0.717) is 11.0 Å². The van der Waals surface area contributed by atoms with Gasteiger partial charge < -0.3 is 15.0 Å². The summed E-state index contributed by atoms with van der Waals surface area (Å²) in [4.78, 5) is 28.2. The van der Waals surface area contributed by atoms with Crippen molar-refractivity contribution < 1.29 is 9.90 Å². The van der Waals surface area contributed by atoms with Gasteiger partial charge in [-0.05, 0) is 46.1 Å². The van der Waals surface area contributed by atoms with Crippen LogP contribution in [0.15, 0.2) is 23.0 Å². The second-order valence-electron chi connectivity index (χ2n) is 5.25. The normalized spacial score (nSPS) is 13.0. The molecule has 0 radical (unpaired) electrons. The summed E-state index contributed by atoms with van der Waals surface area (Å²) in [6.07, 6.45) is 0.772. The van der Waals surface area contributed by atoms with Gasteiger partial charge in [-0.3, -0.25) is 4.57 Å². The second kappa shape index (κ2) is 5.50. The number of para-hydroxylation sites is 1. The topological polar surface area (TPSA) is 78.3 Å². The lowest BCUT2D eigenvalue weighted by atomic mass is 10.1. The van der Waals surface area contributed by atoms with Crippen molar-refractivity contribution >= 4 is 17.0 Å². The molecule has 0 aliphatic carbocycles. The Kier molecular flexibility index (Phi) is 3.94. The van der Waals surface area contributed by atoms with Gasteiger partial charge in [0.1, 0.15) is 0 Å². The molecule has 2 rings (SSSR count). The molecule has 1 unspecified atom stereocenters. The highest BCUT2D eigenvalue weighted by molar-refractivity contribution is 6.01. The van der Waals surface area contributed by atoms with Gasteiger partial charge in [0.25, 0.3) is 0 Å². The molecule has 0 amide bonds. The molecule has 0 aliphatic heterocycles. The second-order valence-corrected chi connectivity index (χ2v) is 5.25. The number of carbonyl (C=O) groups is 1. The molecule has 1 aromatic heterocycles. The molecule has 0 spiro atoms. The first-order valence-corrected chi connectivity index (χ1v) is 6.53. The molecule has 6 nitrogen and oxygen atoms in total. The molecule has 1 aromatic carbocycles. The van der Waals surface area contributed by atoms with E-state index in [4.69, 9.17) is 0 Å². The zero-order valence-corrected chi connectivity index (χ0v) is 11.9. The van der Waals surface area contributed by atoms with Crippen LogP contribution >= 0.6 is 0 Å². The molecule has 20 heavy (non-hydrogen) atoms. The Balaban J connectivity index is 2.54. The quantitative estimate of drug-likeness (QED) is 0.869. The van der Waals surface area contributed by atoms with Crippen molar-refractivity contribution in [2.45, 2.75) is 19.4 Å². The summed E-state index contributed by atoms with van der Waals surface area (Å²) in [6.45, 7) is 2.76. The Morgan fingerprint density at radius 1 is 1.45 bits per heavy atom. The first kappa shape index (κ1) is 14.3. The molecule has 6 heteroatoms. The summed E-state index contributed by atoms with van der Waals surface area (Å²) >= 11 is 0. The van der Waals surface area contributed by atoms with Gasteiger partial charge in [0.05, 0.1) is 16.6 Å². The van der Waals surface area contributed by atoms with E-state index < -0.39 is 5.97 Å². The SMILES string of the molecule is CC(CCN(C)C)n1c(=O)[nH]c2cccc(C(=O)O)c21. The highest BCUT2D eigenvalue weighted by Crippen LogP contribution is 2.21. The fraction of sp³-hybridized carbons (Fsp3) is 0.429. The molecule has 0 saturated heterocycles. The Morgan fingerprint density at radius 2 is 2.15 bits per heavy atom. The van der Waals surface area contributed by atoms with Gasteiger partial charge in [0.15, 0.2) is 0 Å². The summed E-state index contributed by atoms with van der Waals surface area (Å²) < 4.78 is 1.54. The van der Waals surface area contributed by atoms with Gasteiger partial charge in [-0.2, -0.15) is 0 Å². The largest absolute Gasteiger partial charge is 0.478 e. The molecule has 2 N–H and O–H groups in total. The zero-order chi connectivity index (χ0) is 14.9. The van der Waals surface area contributed by atoms with Gasteiger partial charge in [-0.1, -0.05) is 6.07 Å². The van der Waals surface area contributed by atoms with Crippen molar-refractivity contribution in [1.29, 1.82) is 0 Å². The van der Waals surface area contributed by atoms with Gasteiger partial charge in [-0.25, -0.2) is 9.59 Å². The van der Waals surface area contributed by atoms with Crippen LogP contribution < -0.4 is 5.69 Å². The number of carboxylic acids is 1. The number of carboxylic acid groups (broad SMARTS) is 1. The third-order valence-corrected chi connectivity index (χ3v) is 3.40. The number of nitrogens with one attached hydrogen (secondary N) is 1. The van der Waals surface area contributed by atoms with Crippen molar-refractivity contribution in [1.82, 2.24) is 14.5 Å². The number of hydrogen-bond donors (Lipinski definition) is 2. The van der Waals surface area contributed by atoms with E-state index in [1.165, 1.54) is 6.07 Å². The molecular formula is C14H19N3O3. The maximum atomic E-state index is 12.1. The highest BCUT2D eigenvalue weighted by atomic mass is 16.4. The van der Waals surface area contributed by atoms with Crippen LogP contribution in [0.4, 0.5) is 0 Å². The maximum absolute atomic E-state index is 12.1. The molecular weight excluding hydrogens is 258 g/mol. The average Bonchev–Trinajstić information content (AvgIpc) is 2.71. The highest BCUT2D eigenvalue weighted by Gasteiger charge is 2.18. The average molecular weight is 277 g/mol. The molecule has 0 saturated carbocycles. The van der Waals surface area contributed by atoms with E-state index in [2.05, 4.69) is 4.98 Å². The maximum Gasteiger partial charge on any atom is 0.337 e. The summed E-state index contributed by atoms with van der Waals surface area (Å²) in [5.41, 5.74) is 0.917. The van der Waals surface area contributed by atoms with Crippen LogP contribution in [0.2, 0.25) is 0 Å². The number of H-pyrrole nitrogens is 1. The number of aromatic carboxylic acids is 1. The summed E-state index contributed by atoms with van der Waals surface area (Å²) in [7, 11) is 3.93.